The lowest BCUT2D eigenvalue weighted by Gasteiger charge is -2.33. The molecule has 0 aliphatic heterocycles. The van der Waals surface area contributed by atoms with Crippen molar-refractivity contribution in [1.29, 1.82) is 0 Å². The number of carbonyl (C=O) groups excluding carboxylic acids is 1. The van der Waals surface area contributed by atoms with E-state index in [1.54, 1.807) is 0 Å². The highest BCUT2D eigenvalue weighted by Crippen LogP contribution is 2.36. The number of aromatic hydroxyl groups is 1. The fourth-order valence-corrected chi connectivity index (χ4v) is 2.77. The Labute approximate surface area is 121 Å². The number of benzene rings is 1. The van der Waals surface area contributed by atoms with Crippen LogP contribution in [0.5, 0.6) is 5.75 Å². The maximum Gasteiger partial charge on any atom is 0.311 e. The average Bonchev–Trinajstić information content (AvgIpc) is 2.46. The number of nitrogens with one attached hydrogen (secondary N) is 1. The van der Waals surface area contributed by atoms with E-state index in [4.69, 9.17) is 0 Å². The van der Waals surface area contributed by atoms with Gasteiger partial charge >= 0.3 is 5.97 Å². The number of carboxylic acids is 1. The van der Waals surface area contributed by atoms with Crippen molar-refractivity contribution in [1.82, 2.24) is 5.32 Å². The van der Waals surface area contributed by atoms with E-state index in [0.717, 1.165) is 25.3 Å². The van der Waals surface area contributed by atoms with E-state index in [9.17, 15) is 24.2 Å². The number of carboxylic acid groups (broad SMARTS) is 1. The molecule has 114 valence electrons. The van der Waals surface area contributed by atoms with Crippen LogP contribution >= 0.6 is 0 Å². The van der Waals surface area contributed by atoms with Gasteiger partial charge < -0.3 is 15.5 Å². The maximum absolute atomic E-state index is 13.6. The van der Waals surface area contributed by atoms with Gasteiger partial charge in [-0.15, -0.1) is 0 Å². The van der Waals surface area contributed by atoms with Gasteiger partial charge in [0.25, 0.3) is 5.91 Å². The third-order valence-electron chi connectivity index (χ3n) is 4.07. The van der Waals surface area contributed by atoms with E-state index in [-0.39, 0.29) is 6.54 Å². The van der Waals surface area contributed by atoms with Crippen molar-refractivity contribution in [2.75, 3.05) is 6.54 Å². The lowest BCUT2D eigenvalue weighted by molar-refractivity contribution is -0.150. The zero-order chi connectivity index (χ0) is 15.5. The Kier molecular flexibility index (Phi) is 4.45. The van der Waals surface area contributed by atoms with Gasteiger partial charge in [0, 0.05) is 6.54 Å². The van der Waals surface area contributed by atoms with Crippen LogP contribution in [-0.2, 0) is 4.79 Å². The summed E-state index contributed by atoms with van der Waals surface area (Å²) in [6.07, 6.45) is 3.56. The molecule has 0 aromatic heterocycles. The molecule has 0 radical (unpaired) electrons. The van der Waals surface area contributed by atoms with Gasteiger partial charge in [0.2, 0.25) is 0 Å². The van der Waals surface area contributed by atoms with Gasteiger partial charge in [-0.3, -0.25) is 9.59 Å². The molecule has 0 heterocycles. The normalized spacial score (nSPS) is 17.2. The first kappa shape index (κ1) is 15.3. The number of halogens is 1. The maximum atomic E-state index is 13.6. The summed E-state index contributed by atoms with van der Waals surface area (Å²) in [5.74, 6) is -3.03. The van der Waals surface area contributed by atoms with E-state index < -0.39 is 34.4 Å². The predicted molar refractivity (Wildman–Crippen MR) is 73.6 cm³/mol. The minimum atomic E-state index is -0.991. The molecule has 1 saturated carbocycles. The summed E-state index contributed by atoms with van der Waals surface area (Å²) in [6, 6.07) is 3.58. The molecule has 0 bridgehead atoms. The Morgan fingerprint density at radius 2 is 1.90 bits per heavy atom. The SMILES string of the molecule is O=C(NCC1(C(=O)O)CCCCC1)c1c(O)cccc1F. The van der Waals surface area contributed by atoms with Crippen LogP contribution in [0.2, 0.25) is 0 Å². The molecule has 0 atom stereocenters. The van der Waals surface area contributed by atoms with Crippen LogP contribution in [0.4, 0.5) is 4.39 Å². The highest BCUT2D eigenvalue weighted by atomic mass is 19.1. The van der Waals surface area contributed by atoms with Crippen LogP contribution in [0.1, 0.15) is 42.5 Å². The summed E-state index contributed by atoms with van der Waals surface area (Å²) in [5, 5.41) is 21.4. The minimum absolute atomic E-state index is 0.0606. The number of phenolic OH excluding ortho intramolecular Hbond substituents is 1. The van der Waals surface area contributed by atoms with E-state index >= 15 is 0 Å². The third kappa shape index (κ3) is 3.15. The van der Waals surface area contributed by atoms with Crippen molar-refractivity contribution < 1.29 is 24.2 Å². The summed E-state index contributed by atoms with van der Waals surface area (Å²) in [4.78, 5) is 23.5. The quantitative estimate of drug-likeness (QED) is 0.795. The molecule has 0 unspecified atom stereocenters. The Morgan fingerprint density at radius 1 is 1.24 bits per heavy atom. The molecule has 5 nitrogen and oxygen atoms in total. The van der Waals surface area contributed by atoms with Gasteiger partial charge in [0.1, 0.15) is 17.1 Å². The minimum Gasteiger partial charge on any atom is -0.507 e. The molecule has 1 aromatic rings. The van der Waals surface area contributed by atoms with Gasteiger partial charge in [0.15, 0.2) is 0 Å². The molecular weight excluding hydrogens is 277 g/mol. The van der Waals surface area contributed by atoms with Gasteiger partial charge in [0.05, 0.1) is 5.41 Å². The van der Waals surface area contributed by atoms with Crippen LogP contribution in [-0.4, -0.2) is 28.6 Å². The van der Waals surface area contributed by atoms with E-state index in [1.165, 1.54) is 12.1 Å². The average molecular weight is 295 g/mol. The highest BCUT2D eigenvalue weighted by molar-refractivity contribution is 5.97. The zero-order valence-electron chi connectivity index (χ0n) is 11.6. The van der Waals surface area contributed by atoms with Crippen LogP contribution in [0.25, 0.3) is 0 Å². The number of hydrogen-bond donors (Lipinski definition) is 3. The van der Waals surface area contributed by atoms with Crippen LogP contribution in [0.15, 0.2) is 18.2 Å². The van der Waals surface area contributed by atoms with Crippen molar-refractivity contribution in [2.45, 2.75) is 32.1 Å². The summed E-state index contributed by atoms with van der Waals surface area (Å²) in [7, 11) is 0. The van der Waals surface area contributed by atoms with Gasteiger partial charge in [-0.05, 0) is 25.0 Å². The number of hydrogen-bond acceptors (Lipinski definition) is 3. The molecule has 1 aromatic carbocycles. The molecule has 1 aliphatic carbocycles. The Morgan fingerprint density at radius 3 is 2.48 bits per heavy atom. The summed E-state index contributed by atoms with van der Waals surface area (Å²) in [6.45, 7) is -0.0606. The lowest BCUT2D eigenvalue weighted by atomic mass is 9.74. The number of phenols is 1. The largest absolute Gasteiger partial charge is 0.507 e. The predicted octanol–water partition coefficient (Wildman–Crippen LogP) is 2.30. The van der Waals surface area contributed by atoms with Crippen molar-refractivity contribution in [3.8, 4) is 5.75 Å². The first-order valence-corrected chi connectivity index (χ1v) is 6.95. The van der Waals surface area contributed by atoms with E-state index in [0.29, 0.717) is 12.8 Å². The van der Waals surface area contributed by atoms with Crippen molar-refractivity contribution >= 4 is 11.9 Å². The van der Waals surface area contributed by atoms with Crippen LogP contribution in [0.3, 0.4) is 0 Å². The Hall–Kier alpha value is -2.11. The molecule has 21 heavy (non-hydrogen) atoms. The Balaban J connectivity index is 2.11. The first-order chi connectivity index (χ1) is 9.96. The van der Waals surface area contributed by atoms with Crippen LogP contribution < -0.4 is 5.32 Å². The zero-order valence-corrected chi connectivity index (χ0v) is 11.6. The van der Waals surface area contributed by atoms with Crippen LogP contribution in [0, 0.1) is 11.2 Å². The molecule has 3 N–H and O–H groups in total. The molecular formula is C15H18FNO4. The number of carbonyl (C=O) groups is 2. The second-order valence-electron chi connectivity index (χ2n) is 5.46. The monoisotopic (exact) mass is 295 g/mol. The van der Waals surface area contributed by atoms with Crippen molar-refractivity contribution in [3.63, 3.8) is 0 Å². The van der Waals surface area contributed by atoms with E-state index in [2.05, 4.69) is 5.32 Å². The molecule has 1 amide bonds. The first-order valence-electron chi connectivity index (χ1n) is 6.95. The topological polar surface area (TPSA) is 86.6 Å². The fraction of sp³-hybridized carbons (Fsp3) is 0.467. The molecule has 1 fully saturated rings. The molecule has 6 heteroatoms. The third-order valence-corrected chi connectivity index (χ3v) is 4.07. The number of aliphatic carboxylic acids is 1. The number of rotatable bonds is 4. The molecule has 2 rings (SSSR count). The second kappa shape index (κ2) is 6.11. The molecule has 0 saturated heterocycles. The van der Waals surface area contributed by atoms with E-state index in [1.807, 2.05) is 0 Å². The fourth-order valence-electron chi connectivity index (χ4n) is 2.77. The smallest absolute Gasteiger partial charge is 0.311 e. The van der Waals surface area contributed by atoms with Gasteiger partial charge in [-0.2, -0.15) is 0 Å². The van der Waals surface area contributed by atoms with Crippen molar-refractivity contribution in [3.05, 3.63) is 29.6 Å². The lowest BCUT2D eigenvalue weighted by Crippen LogP contribution is -2.44. The van der Waals surface area contributed by atoms with Crippen molar-refractivity contribution in [2.24, 2.45) is 5.41 Å². The van der Waals surface area contributed by atoms with Gasteiger partial charge in [-0.1, -0.05) is 25.3 Å². The standard InChI is InChI=1S/C15H18FNO4/c16-10-5-4-6-11(18)12(10)13(19)17-9-15(14(20)21)7-2-1-3-8-15/h4-6,18H,1-3,7-9H2,(H,17,19)(H,20,21). The molecule has 1 aliphatic rings. The highest BCUT2D eigenvalue weighted by Gasteiger charge is 2.40. The summed E-state index contributed by atoms with van der Waals surface area (Å²) in [5.41, 5.74) is -1.44. The summed E-state index contributed by atoms with van der Waals surface area (Å²) >= 11 is 0. The molecule has 0 spiro atoms. The van der Waals surface area contributed by atoms with Gasteiger partial charge in [-0.25, -0.2) is 4.39 Å². The Bertz CT molecular complexity index is 532. The second-order valence-corrected chi connectivity index (χ2v) is 5.46. The number of amides is 1. The summed E-state index contributed by atoms with van der Waals surface area (Å²) < 4.78 is 13.6.